The molecule has 76 valence electrons. The Bertz CT molecular complexity index is 387. The standard InChI is InChI=1S/C14H15N/c1-2-3-7-12-10-14(15-11-12)13-8-5-4-6-9-13/h2,4-6,8-12H,1,3,7H2. The van der Waals surface area contributed by atoms with Gasteiger partial charge in [0.25, 0.3) is 0 Å². The lowest BCUT2D eigenvalue weighted by molar-refractivity contribution is 0.778. The average molecular weight is 197 g/mol. The van der Waals surface area contributed by atoms with Crippen LogP contribution in [-0.4, -0.2) is 6.21 Å². The first-order valence-electron chi connectivity index (χ1n) is 5.32. The van der Waals surface area contributed by atoms with Gasteiger partial charge in [0.05, 0.1) is 5.70 Å². The van der Waals surface area contributed by atoms with E-state index in [2.05, 4.69) is 29.8 Å². The molecule has 15 heavy (non-hydrogen) atoms. The smallest absolute Gasteiger partial charge is 0.0664 e. The molecule has 0 saturated carbocycles. The number of rotatable bonds is 4. The van der Waals surface area contributed by atoms with Crippen molar-refractivity contribution in [2.45, 2.75) is 12.8 Å². The molecule has 0 amide bonds. The first kappa shape index (κ1) is 9.91. The molecule has 0 aromatic heterocycles. The van der Waals surface area contributed by atoms with Gasteiger partial charge in [-0.15, -0.1) is 6.58 Å². The van der Waals surface area contributed by atoms with Gasteiger partial charge in [0.15, 0.2) is 0 Å². The fourth-order valence-electron chi connectivity index (χ4n) is 1.71. The fraction of sp³-hybridized carbons (Fsp3) is 0.214. The Hall–Kier alpha value is -1.63. The van der Waals surface area contributed by atoms with Gasteiger partial charge in [-0.25, -0.2) is 0 Å². The van der Waals surface area contributed by atoms with Crippen LogP contribution in [0.15, 0.2) is 54.1 Å². The van der Waals surface area contributed by atoms with E-state index < -0.39 is 0 Å². The van der Waals surface area contributed by atoms with E-state index in [0.29, 0.717) is 5.92 Å². The molecule has 0 saturated heterocycles. The summed E-state index contributed by atoms with van der Waals surface area (Å²) < 4.78 is 0. The van der Waals surface area contributed by atoms with E-state index in [-0.39, 0.29) is 0 Å². The summed E-state index contributed by atoms with van der Waals surface area (Å²) in [4.78, 5) is 4.44. The lowest BCUT2D eigenvalue weighted by Crippen LogP contribution is -1.92. The SMILES string of the molecule is C=CCCC1C=NC(c2ccccc2)=C1. The van der Waals surface area contributed by atoms with Crippen LogP contribution < -0.4 is 0 Å². The lowest BCUT2D eigenvalue weighted by Gasteiger charge is -1.99. The highest BCUT2D eigenvalue weighted by atomic mass is 14.8. The van der Waals surface area contributed by atoms with Gasteiger partial charge in [0, 0.05) is 12.1 Å². The van der Waals surface area contributed by atoms with Gasteiger partial charge in [-0.2, -0.15) is 0 Å². The lowest BCUT2D eigenvalue weighted by atomic mass is 10.0. The molecule has 0 aliphatic carbocycles. The Balaban J connectivity index is 2.07. The highest BCUT2D eigenvalue weighted by Gasteiger charge is 2.10. The van der Waals surface area contributed by atoms with Gasteiger partial charge in [-0.3, -0.25) is 4.99 Å². The molecule has 1 aliphatic rings. The number of aliphatic imine (C=N–C) groups is 1. The van der Waals surface area contributed by atoms with E-state index >= 15 is 0 Å². The summed E-state index contributed by atoms with van der Waals surface area (Å²) in [5.74, 6) is 0.484. The Morgan fingerprint density at radius 1 is 1.27 bits per heavy atom. The van der Waals surface area contributed by atoms with Crippen LogP contribution in [0.5, 0.6) is 0 Å². The molecule has 0 bridgehead atoms. The summed E-state index contributed by atoms with van der Waals surface area (Å²) in [6.45, 7) is 3.73. The third-order valence-electron chi connectivity index (χ3n) is 2.55. The third-order valence-corrected chi connectivity index (χ3v) is 2.55. The van der Waals surface area contributed by atoms with Crippen molar-refractivity contribution in [2.75, 3.05) is 0 Å². The van der Waals surface area contributed by atoms with Crippen molar-refractivity contribution in [1.29, 1.82) is 0 Å². The van der Waals surface area contributed by atoms with E-state index in [9.17, 15) is 0 Å². The Morgan fingerprint density at radius 3 is 2.80 bits per heavy atom. The van der Waals surface area contributed by atoms with E-state index in [1.165, 1.54) is 5.56 Å². The molecular formula is C14H15N. The zero-order chi connectivity index (χ0) is 10.5. The molecule has 1 aromatic carbocycles. The maximum atomic E-state index is 4.44. The molecule has 1 aliphatic heterocycles. The van der Waals surface area contributed by atoms with Gasteiger partial charge in [-0.05, 0) is 24.5 Å². The Labute approximate surface area is 90.9 Å². The van der Waals surface area contributed by atoms with Gasteiger partial charge >= 0.3 is 0 Å². The fourth-order valence-corrected chi connectivity index (χ4v) is 1.71. The van der Waals surface area contributed by atoms with Gasteiger partial charge < -0.3 is 0 Å². The molecule has 1 aromatic rings. The molecule has 0 N–H and O–H groups in total. The quantitative estimate of drug-likeness (QED) is 0.653. The first-order valence-corrected chi connectivity index (χ1v) is 5.32. The molecule has 2 rings (SSSR count). The number of hydrogen-bond donors (Lipinski definition) is 0. The first-order chi connectivity index (χ1) is 7.40. The Morgan fingerprint density at radius 2 is 2.07 bits per heavy atom. The highest BCUT2D eigenvalue weighted by Crippen LogP contribution is 2.24. The molecule has 1 heterocycles. The summed E-state index contributed by atoms with van der Waals surface area (Å²) >= 11 is 0. The van der Waals surface area contributed by atoms with Crippen molar-refractivity contribution in [3.63, 3.8) is 0 Å². The summed E-state index contributed by atoms with van der Waals surface area (Å²) in [6, 6.07) is 10.3. The maximum absolute atomic E-state index is 4.44. The second kappa shape index (κ2) is 4.74. The van der Waals surface area contributed by atoms with Crippen molar-refractivity contribution < 1.29 is 0 Å². The minimum atomic E-state index is 0.484. The molecule has 1 atom stereocenters. The van der Waals surface area contributed by atoms with E-state index in [1.54, 1.807) is 0 Å². The Kier molecular flexibility index (Phi) is 3.13. The van der Waals surface area contributed by atoms with E-state index in [4.69, 9.17) is 0 Å². The van der Waals surface area contributed by atoms with Gasteiger partial charge in [0.2, 0.25) is 0 Å². The molecule has 0 radical (unpaired) electrons. The van der Waals surface area contributed by atoms with Crippen molar-refractivity contribution >= 4 is 11.9 Å². The summed E-state index contributed by atoms with van der Waals surface area (Å²) in [6.07, 6.45) is 8.39. The van der Waals surface area contributed by atoms with Crippen molar-refractivity contribution in [1.82, 2.24) is 0 Å². The number of allylic oxidation sites excluding steroid dienone is 2. The van der Waals surface area contributed by atoms with Crippen LogP contribution in [0.25, 0.3) is 5.70 Å². The predicted octanol–water partition coefficient (Wildman–Crippen LogP) is 3.69. The van der Waals surface area contributed by atoms with Crippen LogP contribution in [0.3, 0.4) is 0 Å². The minimum absolute atomic E-state index is 0.484. The second-order valence-electron chi connectivity index (χ2n) is 3.73. The molecule has 0 spiro atoms. The van der Waals surface area contributed by atoms with Gasteiger partial charge in [0.1, 0.15) is 0 Å². The zero-order valence-electron chi connectivity index (χ0n) is 8.76. The van der Waals surface area contributed by atoms with Crippen molar-refractivity contribution in [2.24, 2.45) is 10.9 Å². The molecular weight excluding hydrogens is 182 g/mol. The van der Waals surface area contributed by atoms with Gasteiger partial charge in [-0.1, -0.05) is 36.4 Å². The van der Waals surface area contributed by atoms with Crippen LogP contribution in [0, 0.1) is 5.92 Å². The largest absolute Gasteiger partial charge is 0.260 e. The summed E-state index contributed by atoms with van der Waals surface area (Å²) in [7, 11) is 0. The zero-order valence-corrected chi connectivity index (χ0v) is 8.76. The summed E-state index contributed by atoms with van der Waals surface area (Å²) in [5.41, 5.74) is 2.31. The van der Waals surface area contributed by atoms with Crippen molar-refractivity contribution in [3.05, 3.63) is 54.6 Å². The predicted molar refractivity (Wildman–Crippen MR) is 65.8 cm³/mol. The molecule has 0 fully saturated rings. The van der Waals surface area contributed by atoms with Crippen LogP contribution in [-0.2, 0) is 0 Å². The second-order valence-corrected chi connectivity index (χ2v) is 3.73. The van der Waals surface area contributed by atoms with E-state index in [0.717, 1.165) is 18.5 Å². The maximum Gasteiger partial charge on any atom is 0.0664 e. The summed E-state index contributed by atoms with van der Waals surface area (Å²) in [5, 5.41) is 0. The third kappa shape index (κ3) is 2.44. The molecule has 1 nitrogen and oxygen atoms in total. The number of benzene rings is 1. The minimum Gasteiger partial charge on any atom is -0.260 e. The molecule has 1 heteroatoms. The number of hydrogen-bond acceptors (Lipinski definition) is 1. The van der Waals surface area contributed by atoms with Crippen LogP contribution in [0.4, 0.5) is 0 Å². The van der Waals surface area contributed by atoms with E-state index in [1.807, 2.05) is 30.5 Å². The average Bonchev–Trinajstić information content (AvgIpc) is 2.76. The monoisotopic (exact) mass is 197 g/mol. The highest BCUT2D eigenvalue weighted by molar-refractivity contribution is 5.83. The number of nitrogens with zero attached hydrogens (tertiary/aromatic N) is 1. The van der Waals surface area contributed by atoms with Crippen molar-refractivity contribution in [3.8, 4) is 0 Å². The molecule has 1 unspecified atom stereocenters. The van der Waals surface area contributed by atoms with Crippen LogP contribution in [0.2, 0.25) is 0 Å². The van der Waals surface area contributed by atoms with Crippen LogP contribution in [0.1, 0.15) is 18.4 Å². The topological polar surface area (TPSA) is 12.4 Å². The normalized spacial score (nSPS) is 18.9. The van der Waals surface area contributed by atoms with Crippen LogP contribution >= 0.6 is 0 Å².